The number of carbonyl (C=O) groups is 3. The van der Waals surface area contributed by atoms with Crippen molar-refractivity contribution in [3.05, 3.63) is 60.2 Å². The van der Waals surface area contributed by atoms with Gasteiger partial charge in [0.05, 0.1) is 5.69 Å². The predicted octanol–water partition coefficient (Wildman–Crippen LogP) is 3.38. The van der Waals surface area contributed by atoms with Crippen molar-refractivity contribution in [3.8, 4) is 0 Å². The summed E-state index contributed by atoms with van der Waals surface area (Å²) >= 11 is 0. The number of hydrazone groups is 1. The van der Waals surface area contributed by atoms with E-state index in [2.05, 4.69) is 15.7 Å². The molecule has 1 aliphatic rings. The number of benzene rings is 2. The summed E-state index contributed by atoms with van der Waals surface area (Å²) < 4.78 is 0. The van der Waals surface area contributed by atoms with Gasteiger partial charge < -0.3 is 10.6 Å². The van der Waals surface area contributed by atoms with Gasteiger partial charge in [0.25, 0.3) is 11.8 Å². The van der Waals surface area contributed by atoms with Crippen molar-refractivity contribution < 1.29 is 14.4 Å². The Bertz CT molecular complexity index is 976. The lowest BCUT2D eigenvalue weighted by Crippen LogP contribution is -2.40. The van der Waals surface area contributed by atoms with E-state index < -0.39 is 6.04 Å². The number of anilines is 2. The number of nitrogens with zero attached hydrogens (tertiary/aromatic N) is 2. The van der Waals surface area contributed by atoms with Crippen LogP contribution in [0.2, 0.25) is 0 Å². The van der Waals surface area contributed by atoms with Gasteiger partial charge in [0.15, 0.2) is 5.78 Å². The Kier molecular flexibility index (Phi) is 6.01. The van der Waals surface area contributed by atoms with E-state index in [9.17, 15) is 14.4 Å². The fraction of sp³-hybridized carbons (Fsp3) is 0.304. The number of hydrogen-bond donors (Lipinski definition) is 2. The van der Waals surface area contributed by atoms with Gasteiger partial charge in [0.1, 0.15) is 11.8 Å². The first-order chi connectivity index (χ1) is 14.1. The highest BCUT2D eigenvalue weighted by molar-refractivity contribution is 6.44. The number of Topliss-reactive ketones (excluding diaryl/α,β-unsaturated/α-hetero) is 1. The van der Waals surface area contributed by atoms with Crippen molar-refractivity contribution in [1.29, 1.82) is 0 Å². The number of hydrogen-bond acceptors (Lipinski definition) is 5. The molecule has 0 radical (unpaired) electrons. The van der Waals surface area contributed by atoms with Gasteiger partial charge >= 0.3 is 0 Å². The second-order valence-corrected chi connectivity index (χ2v) is 8.29. The first kappa shape index (κ1) is 21.2. The van der Waals surface area contributed by atoms with Crippen molar-refractivity contribution in [3.63, 3.8) is 0 Å². The van der Waals surface area contributed by atoms with Crippen molar-refractivity contribution in [1.82, 2.24) is 5.32 Å². The molecule has 30 heavy (non-hydrogen) atoms. The summed E-state index contributed by atoms with van der Waals surface area (Å²) in [5.41, 5.74) is 1.77. The fourth-order valence-corrected chi connectivity index (χ4v) is 3.10. The predicted molar refractivity (Wildman–Crippen MR) is 118 cm³/mol. The maximum atomic E-state index is 12.7. The summed E-state index contributed by atoms with van der Waals surface area (Å²) in [5.74, 6) is -0.602. The van der Waals surface area contributed by atoms with Crippen LogP contribution < -0.4 is 15.6 Å². The highest BCUT2D eigenvalue weighted by atomic mass is 16.2. The Balaban J connectivity index is 1.71. The zero-order chi connectivity index (χ0) is 21.9. The maximum absolute atomic E-state index is 12.7. The minimum Gasteiger partial charge on any atom is -0.347 e. The monoisotopic (exact) mass is 406 g/mol. The van der Waals surface area contributed by atoms with Crippen LogP contribution in [0.3, 0.4) is 0 Å². The van der Waals surface area contributed by atoms with Crippen LogP contribution in [0.1, 0.15) is 44.5 Å². The van der Waals surface area contributed by atoms with Crippen molar-refractivity contribution in [2.45, 2.75) is 45.7 Å². The molecule has 0 bridgehead atoms. The molecule has 7 heteroatoms. The van der Waals surface area contributed by atoms with Crippen LogP contribution in [0.4, 0.5) is 11.4 Å². The molecule has 0 saturated carbocycles. The molecule has 1 heterocycles. The SMILES string of the molecule is CC(=O)C1CC(C(=O)Nc2ccc(C(=O)NC(C)(C)C)cc2)=NN1c1ccccc1. The zero-order valence-electron chi connectivity index (χ0n) is 17.6. The first-order valence-electron chi connectivity index (χ1n) is 9.80. The van der Waals surface area contributed by atoms with E-state index in [1.807, 2.05) is 51.1 Å². The van der Waals surface area contributed by atoms with Gasteiger partial charge in [-0.25, -0.2) is 0 Å². The standard InChI is InChI=1S/C23H26N4O3/c1-15(28)20-14-19(26-27(20)18-8-6-5-7-9-18)22(30)24-17-12-10-16(11-13-17)21(29)25-23(2,3)4/h5-13,20H,14H2,1-4H3,(H,24,30)(H,25,29). The number of para-hydroxylation sites is 1. The molecule has 3 rings (SSSR count). The van der Waals surface area contributed by atoms with Gasteiger partial charge in [-0.15, -0.1) is 0 Å². The number of ketones is 1. The molecule has 2 N–H and O–H groups in total. The van der Waals surface area contributed by atoms with Crippen molar-refractivity contribution in [2.75, 3.05) is 10.3 Å². The van der Waals surface area contributed by atoms with Gasteiger partial charge in [-0.3, -0.25) is 19.4 Å². The fourth-order valence-electron chi connectivity index (χ4n) is 3.10. The van der Waals surface area contributed by atoms with Crippen LogP contribution in [-0.2, 0) is 9.59 Å². The highest BCUT2D eigenvalue weighted by Gasteiger charge is 2.34. The lowest BCUT2D eigenvalue weighted by atomic mass is 10.1. The van der Waals surface area contributed by atoms with E-state index in [4.69, 9.17) is 0 Å². The molecular weight excluding hydrogens is 380 g/mol. The van der Waals surface area contributed by atoms with E-state index in [0.29, 0.717) is 11.3 Å². The van der Waals surface area contributed by atoms with E-state index in [-0.39, 0.29) is 35.3 Å². The largest absolute Gasteiger partial charge is 0.347 e. The minimum absolute atomic E-state index is 0.0559. The molecule has 2 aromatic rings. The van der Waals surface area contributed by atoms with E-state index in [0.717, 1.165) is 5.69 Å². The van der Waals surface area contributed by atoms with Gasteiger partial charge in [0, 0.05) is 23.2 Å². The Labute approximate surface area is 176 Å². The quantitative estimate of drug-likeness (QED) is 0.796. The molecule has 7 nitrogen and oxygen atoms in total. The van der Waals surface area contributed by atoms with E-state index >= 15 is 0 Å². The minimum atomic E-state index is -0.503. The third-order valence-electron chi connectivity index (χ3n) is 4.56. The Morgan fingerprint density at radius 3 is 2.17 bits per heavy atom. The summed E-state index contributed by atoms with van der Waals surface area (Å²) in [6, 6.07) is 15.4. The second kappa shape index (κ2) is 8.49. The molecule has 156 valence electrons. The molecule has 2 aromatic carbocycles. The Morgan fingerprint density at radius 1 is 0.967 bits per heavy atom. The smallest absolute Gasteiger partial charge is 0.271 e. The molecule has 0 saturated heterocycles. The number of amides is 2. The Hall–Kier alpha value is -3.48. The lowest BCUT2D eigenvalue weighted by Gasteiger charge is -2.20. The first-order valence-corrected chi connectivity index (χ1v) is 9.80. The van der Waals surface area contributed by atoms with Crippen molar-refractivity contribution in [2.24, 2.45) is 5.10 Å². The zero-order valence-corrected chi connectivity index (χ0v) is 17.6. The highest BCUT2D eigenvalue weighted by Crippen LogP contribution is 2.25. The van der Waals surface area contributed by atoms with Gasteiger partial charge in [0.2, 0.25) is 0 Å². The maximum Gasteiger partial charge on any atom is 0.271 e. The van der Waals surface area contributed by atoms with Gasteiger partial charge in [-0.2, -0.15) is 5.10 Å². The third-order valence-corrected chi connectivity index (χ3v) is 4.56. The van der Waals surface area contributed by atoms with Crippen LogP contribution in [0, 0.1) is 0 Å². The van der Waals surface area contributed by atoms with Crippen LogP contribution in [0.25, 0.3) is 0 Å². The van der Waals surface area contributed by atoms with E-state index in [1.165, 1.54) is 6.92 Å². The lowest BCUT2D eigenvalue weighted by molar-refractivity contribution is -0.118. The van der Waals surface area contributed by atoms with Crippen LogP contribution in [-0.4, -0.2) is 34.9 Å². The summed E-state index contributed by atoms with van der Waals surface area (Å²) in [7, 11) is 0. The molecule has 0 spiro atoms. The average molecular weight is 406 g/mol. The molecule has 1 unspecified atom stereocenters. The third kappa shape index (κ3) is 5.11. The number of carbonyl (C=O) groups excluding carboxylic acids is 3. The van der Waals surface area contributed by atoms with Crippen LogP contribution in [0.15, 0.2) is 59.7 Å². The number of rotatable bonds is 5. The summed E-state index contributed by atoms with van der Waals surface area (Å²) in [4.78, 5) is 37.0. The second-order valence-electron chi connectivity index (χ2n) is 8.29. The molecule has 0 fully saturated rings. The molecule has 2 amide bonds. The van der Waals surface area contributed by atoms with Crippen LogP contribution in [0.5, 0.6) is 0 Å². The molecular formula is C23H26N4O3. The van der Waals surface area contributed by atoms with Crippen LogP contribution >= 0.6 is 0 Å². The summed E-state index contributed by atoms with van der Waals surface area (Å²) in [6.07, 6.45) is 0.238. The summed E-state index contributed by atoms with van der Waals surface area (Å²) in [6.45, 7) is 7.23. The topological polar surface area (TPSA) is 90.9 Å². The van der Waals surface area contributed by atoms with Gasteiger partial charge in [-0.05, 0) is 64.1 Å². The van der Waals surface area contributed by atoms with E-state index in [1.54, 1.807) is 29.3 Å². The van der Waals surface area contributed by atoms with Gasteiger partial charge in [-0.1, -0.05) is 18.2 Å². The molecule has 0 aromatic heterocycles. The summed E-state index contributed by atoms with van der Waals surface area (Å²) in [5, 5.41) is 11.7. The van der Waals surface area contributed by atoms with Crippen molar-refractivity contribution >= 4 is 34.7 Å². The number of nitrogens with one attached hydrogen (secondary N) is 2. The normalized spacial score (nSPS) is 16.1. The molecule has 1 atom stereocenters. The molecule has 1 aliphatic heterocycles. The Morgan fingerprint density at radius 2 is 1.60 bits per heavy atom. The average Bonchev–Trinajstić information content (AvgIpc) is 3.14. The molecule has 0 aliphatic carbocycles.